The molecule has 0 bridgehead atoms. The van der Waals surface area contributed by atoms with Crippen LogP contribution in [0.3, 0.4) is 0 Å². The van der Waals surface area contributed by atoms with Gasteiger partial charge in [0.2, 0.25) is 0 Å². The number of Topliss-reactive ketones (excluding diaryl/α,β-unsaturated/α-hetero) is 1. The number of aryl methyl sites for hydroxylation is 1. The average Bonchev–Trinajstić information content (AvgIpc) is 3.40. The molecule has 9 heteroatoms. The fourth-order valence-electron chi connectivity index (χ4n) is 6.28. The molecule has 4 aromatic rings. The number of hydrogen-bond donors (Lipinski definition) is 2. The quantitative estimate of drug-likeness (QED) is 0.169. The third-order valence-electron chi connectivity index (χ3n) is 8.69. The Labute approximate surface area is 263 Å². The van der Waals surface area contributed by atoms with Crippen LogP contribution in [0.25, 0.3) is 21.2 Å². The number of benzene rings is 3. The van der Waals surface area contributed by atoms with Gasteiger partial charge in [-0.15, -0.1) is 11.3 Å². The van der Waals surface area contributed by atoms with Gasteiger partial charge in [0.25, 0.3) is 0 Å². The fraction of sp³-hybridized carbons (Fsp3) is 0.371. The first-order valence-electron chi connectivity index (χ1n) is 15.1. The van der Waals surface area contributed by atoms with E-state index in [4.69, 9.17) is 14.2 Å². The van der Waals surface area contributed by atoms with Crippen molar-refractivity contribution in [2.45, 2.75) is 64.1 Å². The van der Waals surface area contributed by atoms with Crippen LogP contribution in [0.5, 0.6) is 11.5 Å². The highest BCUT2D eigenvalue weighted by molar-refractivity contribution is 8.24. The van der Waals surface area contributed by atoms with Crippen molar-refractivity contribution in [2.75, 3.05) is 18.1 Å². The molecule has 2 fully saturated rings. The number of carbonyl (C=O) groups excluding carboxylic acids is 2. The molecule has 44 heavy (non-hydrogen) atoms. The molecule has 3 aromatic carbocycles. The Balaban J connectivity index is 1.12. The van der Waals surface area contributed by atoms with Gasteiger partial charge in [0.15, 0.2) is 0 Å². The van der Waals surface area contributed by atoms with Crippen LogP contribution in [-0.2, 0) is 26.3 Å². The molecule has 1 saturated carbocycles. The topological polar surface area (TPSA) is 102 Å². The zero-order valence-electron chi connectivity index (χ0n) is 25.0. The Bertz CT molecular complexity index is 1660. The van der Waals surface area contributed by atoms with E-state index in [9.17, 15) is 18.7 Å². The van der Waals surface area contributed by atoms with Crippen molar-refractivity contribution >= 4 is 43.8 Å². The second-order valence-corrected chi connectivity index (χ2v) is 15.3. The van der Waals surface area contributed by atoms with Gasteiger partial charge in [-0.1, -0.05) is 24.3 Å². The number of hydrogen-bond acceptors (Lipinski definition) is 8. The van der Waals surface area contributed by atoms with Crippen LogP contribution in [0.15, 0.2) is 66.0 Å². The Morgan fingerprint density at radius 2 is 1.70 bits per heavy atom. The largest absolute Gasteiger partial charge is 0.490 e. The minimum atomic E-state index is -2.42. The molecule has 2 heterocycles. The molecule has 1 aliphatic heterocycles. The van der Waals surface area contributed by atoms with Crippen LogP contribution in [0.4, 0.5) is 0 Å². The van der Waals surface area contributed by atoms with E-state index in [1.165, 1.54) is 15.6 Å². The summed E-state index contributed by atoms with van der Waals surface area (Å²) in [4.78, 5) is 24.1. The van der Waals surface area contributed by atoms with Crippen LogP contribution >= 0.6 is 21.9 Å². The van der Waals surface area contributed by atoms with E-state index in [1.54, 1.807) is 18.3 Å². The lowest BCUT2D eigenvalue weighted by Crippen LogP contribution is -2.43. The number of esters is 1. The van der Waals surface area contributed by atoms with Gasteiger partial charge in [-0.2, -0.15) is 10.6 Å². The molecule has 6 rings (SSSR count). The van der Waals surface area contributed by atoms with Crippen LogP contribution < -0.4 is 9.47 Å². The van der Waals surface area contributed by atoms with Gasteiger partial charge in [0, 0.05) is 58.3 Å². The lowest BCUT2D eigenvalue weighted by molar-refractivity contribution is -0.147. The maximum absolute atomic E-state index is 12.2. The highest BCUT2D eigenvalue weighted by Gasteiger charge is 2.46. The summed E-state index contributed by atoms with van der Waals surface area (Å²) in [5.41, 5.74) is 5.00. The van der Waals surface area contributed by atoms with Crippen LogP contribution in [0, 0.1) is 6.92 Å². The summed E-state index contributed by atoms with van der Waals surface area (Å²) >= 11 is 1.72. The maximum Gasteiger partial charge on any atom is 0.306 e. The zero-order valence-corrected chi connectivity index (χ0v) is 26.7. The molecule has 232 valence electrons. The molecule has 0 amide bonds. The van der Waals surface area contributed by atoms with Crippen molar-refractivity contribution in [3.05, 3.63) is 82.7 Å². The summed E-state index contributed by atoms with van der Waals surface area (Å²) in [6, 6.07) is 20.3. The highest BCUT2D eigenvalue weighted by atomic mass is 32.3. The van der Waals surface area contributed by atoms with Gasteiger partial charge in [-0.25, -0.2) is 0 Å². The molecule has 0 radical (unpaired) electrons. The monoisotopic (exact) mass is 634 g/mol. The average molecular weight is 635 g/mol. The van der Waals surface area contributed by atoms with Crippen LogP contribution in [-0.4, -0.2) is 45.1 Å². The summed E-state index contributed by atoms with van der Waals surface area (Å²) < 4.78 is 38.5. The molecule has 0 spiro atoms. The Kier molecular flexibility index (Phi) is 8.75. The molecule has 1 aromatic heterocycles. The van der Waals surface area contributed by atoms with E-state index in [0.29, 0.717) is 50.4 Å². The van der Waals surface area contributed by atoms with Crippen molar-refractivity contribution in [3.8, 4) is 22.6 Å². The number of ether oxygens (including phenoxy) is 3. The van der Waals surface area contributed by atoms with E-state index in [1.807, 2.05) is 30.3 Å². The van der Waals surface area contributed by atoms with Gasteiger partial charge in [0.05, 0.1) is 13.0 Å². The molecule has 2 N–H and O–H groups in total. The number of ketones is 1. The summed E-state index contributed by atoms with van der Waals surface area (Å²) in [5.74, 6) is 2.25. The first-order valence-corrected chi connectivity index (χ1v) is 17.8. The van der Waals surface area contributed by atoms with E-state index in [2.05, 4.69) is 42.6 Å². The van der Waals surface area contributed by atoms with E-state index in [0.717, 1.165) is 33.8 Å². The van der Waals surface area contributed by atoms with Gasteiger partial charge in [-0.05, 0) is 77.9 Å². The second kappa shape index (κ2) is 12.6. The van der Waals surface area contributed by atoms with E-state index in [-0.39, 0.29) is 24.3 Å². The van der Waals surface area contributed by atoms with Crippen LogP contribution in [0.1, 0.15) is 55.7 Å². The lowest BCUT2D eigenvalue weighted by Gasteiger charge is -2.40. The van der Waals surface area contributed by atoms with Crippen molar-refractivity contribution in [1.82, 2.24) is 0 Å². The smallest absolute Gasteiger partial charge is 0.306 e. The van der Waals surface area contributed by atoms with Crippen LogP contribution in [0.2, 0.25) is 0 Å². The van der Waals surface area contributed by atoms with Gasteiger partial charge >= 0.3 is 5.97 Å². The summed E-state index contributed by atoms with van der Waals surface area (Å²) in [6.45, 7) is 4.62. The SMILES string of the molecule is CCOC(=O)CC1(c2ccc(OCc3ccc4scc(-c5ccc(OC6CCS(O)(O)CC6)cc5C)c4c3)cc2)CC(=O)C1. The summed E-state index contributed by atoms with van der Waals surface area (Å²) in [5, 5.41) is 3.37. The molecule has 0 atom stereocenters. The fourth-order valence-corrected chi connectivity index (χ4v) is 8.70. The van der Waals surface area contributed by atoms with Gasteiger partial charge < -0.3 is 14.2 Å². The molecule has 2 aliphatic rings. The lowest BCUT2D eigenvalue weighted by atomic mass is 9.62. The van der Waals surface area contributed by atoms with Crippen molar-refractivity contribution < 1.29 is 32.9 Å². The second-order valence-electron chi connectivity index (χ2n) is 12.0. The zero-order chi connectivity index (χ0) is 30.9. The molecular weight excluding hydrogens is 597 g/mol. The van der Waals surface area contributed by atoms with E-state index >= 15 is 0 Å². The summed E-state index contributed by atoms with van der Waals surface area (Å²) in [7, 11) is -2.42. The molecule has 1 aliphatic carbocycles. The maximum atomic E-state index is 12.2. The first-order chi connectivity index (χ1) is 21.1. The highest BCUT2D eigenvalue weighted by Crippen LogP contribution is 2.46. The molecule has 7 nitrogen and oxygen atoms in total. The third-order valence-corrected chi connectivity index (χ3v) is 11.4. The van der Waals surface area contributed by atoms with E-state index < -0.39 is 16.0 Å². The first kappa shape index (κ1) is 30.6. The Hall–Kier alpha value is -3.37. The predicted molar refractivity (Wildman–Crippen MR) is 176 cm³/mol. The number of carbonyl (C=O) groups is 2. The number of thiophene rings is 1. The standard InChI is InChI=1S/C35H38O7S2/c1-3-40-34(37)20-35(18-26(36)19-35)25-5-7-27(8-6-25)41-21-24-4-11-33-31(17-24)32(22-43-33)30-10-9-29(16-23(30)2)42-28-12-14-44(38,39)15-13-28/h4-11,16-17,22,28,38-39H,3,12-15,18-21H2,1-2H3. The Morgan fingerprint density at radius 3 is 2.39 bits per heavy atom. The van der Waals surface area contributed by atoms with Crippen molar-refractivity contribution in [3.63, 3.8) is 0 Å². The minimum absolute atomic E-state index is 0.00837. The van der Waals surface area contributed by atoms with Crippen molar-refractivity contribution in [2.24, 2.45) is 0 Å². The predicted octanol–water partition coefficient (Wildman–Crippen LogP) is 8.30. The summed E-state index contributed by atoms with van der Waals surface area (Å²) in [6.07, 6.45) is 2.26. The number of fused-ring (bicyclic) bond motifs is 1. The Morgan fingerprint density at radius 1 is 0.977 bits per heavy atom. The molecule has 0 unspecified atom stereocenters. The van der Waals surface area contributed by atoms with Gasteiger partial charge in [-0.3, -0.25) is 18.7 Å². The third kappa shape index (κ3) is 6.66. The molecular formula is C35H38O7S2. The van der Waals surface area contributed by atoms with Crippen molar-refractivity contribution in [1.29, 1.82) is 0 Å². The minimum Gasteiger partial charge on any atom is -0.490 e. The molecule has 1 saturated heterocycles. The normalized spacial score (nSPS) is 18.4. The number of rotatable bonds is 10. The van der Waals surface area contributed by atoms with Gasteiger partial charge in [0.1, 0.15) is 30.0 Å².